The van der Waals surface area contributed by atoms with E-state index in [4.69, 9.17) is 4.74 Å². The summed E-state index contributed by atoms with van der Waals surface area (Å²) in [7, 11) is 0. The molecule has 1 fully saturated rings. The summed E-state index contributed by atoms with van der Waals surface area (Å²) >= 11 is 3.70. The van der Waals surface area contributed by atoms with Crippen LogP contribution in [0.15, 0.2) is 0 Å². The smallest absolute Gasteiger partial charge is 0.0466 e. The van der Waals surface area contributed by atoms with Crippen molar-refractivity contribution in [2.45, 2.75) is 51.9 Å². The Labute approximate surface area is 96.7 Å². The van der Waals surface area contributed by atoms with Gasteiger partial charge in [-0.05, 0) is 38.0 Å². The van der Waals surface area contributed by atoms with Gasteiger partial charge in [-0.15, -0.1) is 0 Å². The topological polar surface area (TPSA) is 9.23 Å². The lowest BCUT2D eigenvalue weighted by atomic mass is 9.73. The van der Waals surface area contributed by atoms with Crippen LogP contribution in [0.4, 0.5) is 0 Å². The highest BCUT2D eigenvalue weighted by Gasteiger charge is 2.29. The minimum atomic E-state index is 0.606. The molecule has 0 saturated heterocycles. The van der Waals surface area contributed by atoms with Crippen molar-refractivity contribution in [3.63, 3.8) is 0 Å². The zero-order valence-electron chi connectivity index (χ0n) is 9.36. The van der Waals surface area contributed by atoms with Crippen LogP contribution in [0, 0.1) is 5.41 Å². The van der Waals surface area contributed by atoms with E-state index in [1.807, 2.05) is 0 Å². The number of ether oxygens (including phenoxy) is 1. The maximum Gasteiger partial charge on any atom is 0.0466 e. The lowest BCUT2D eigenvalue weighted by Crippen LogP contribution is -2.26. The van der Waals surface area contributed by atoms with E-state index in [2.05, 4.69) is 22.9 Å². The molecule has 0 atom stereocenters. The lowest BCUT2D eigenvalue weighted by Gasteiger charge is -2.35. The summed E-state index contributed by atoms with van der Waals surface area (Å²) in [6.07, 6.45) is 9.73. The van der Waals surface area contributed by atoms with Crippen LogP contribution in [0.3, 0.4) is 0 Å². The van der Waals surface area contributed by atoms with Crippen molar-refractivity contribution in [2.75, 3.05) is 18.5 Å². The third kappa shape index (κ3) is 3.90. The van der Waals surface area contributed by atoms with Crippen LogP contribution in [0.5, 0.6) is 0 Å². The van der Waals surface area contributed by atoms with Crippen molar-refractivity contribution in [1.82, 2.24) is 0 Å². The molecule has 0 radical (unpaired) electrons. The van der Waals surface area contributed by atoms with Gasteiger partial charge in [0.1, 0.15) is 0 Å². The molecule has 1 rings (SSSR count). The van der Waals surface area contributed by atoms with Crippen molar-refractivity contribution in [1.29, 1.82) is 0 Å². The predicted octanol–water partition coefficient (Wildman–Crippen LogP) is 4.15. The molecule has 84 valence electrons. The van der Waals surface area contributed by atoms with Crippen molar-refractivity contribution in [3.05, 3.63) is 0 Å². The molecule has 1 aliphatic rings. The first-order valence-electron chi connectivity index (χ1n) is 5.97. The van der Waals surface area contributed by atoms with Crippen molar-refractivity contribution in [2.24, 2.45) is 5.41 Å². The first-order chi connectivity index (χ1) is 6.83. The van der Waals surface area contributed by atoms with Gasteiger partial charge in [0, 0.05) is 18.5 Å². The van der Waals surface area contributed by atoms with Gasteiger partial charge in [0.25, 0.3) is 0 Å². The number of hydrogen-bond donors (Lipinski definition) is 0. The Bertz CT molecular complexity index is 141. The molecule has 2 heteroatoms. The lowest BCUT2D eigenvalue weighted by molar-refractivity contribution is 0.120. The van der Waals surface area contributed by atoms with Crippen LogP contribution in [-0.4, -0.2) is 18.5 Å². The molecular formula is C12H23BrO. The maximum absolute atomic E-state index is 5.40. The zero-order valence-corrected chi connectivity index (χ0v) is 10.9. The fourth-order valence-electron chi connectivity index (χ4n) is 2.45. The van der Waals surface area contributed by atoms with Gasteiger partial charge in [-0.3, -0.25) is 0 Å². The van der Waals surface area contributed by atoms with Crippen molar-refractivity contribution >= 4 is 15.9 Å². The first kappa shape index (κ1) is 12.5. The highest BCUT2D eigenvalue weighted by Crippen LogP contribution is 2.41. The fraction of sp³-hybridized carbons (Fsp3) is 1.00. The molecule has 1 saturated carbocycles. The Balaban J connectivity index is 2.22. The third-order valence-electron chi connectivity index (χ3n) is 3.40. The van der Waals surface area contributed by atoms with E-state index in [-0.39, 0.29) is 0 Å². The second kappa shape index (κ2) is 6.84. The highest BCUT2D eigenvalue weighted by molar-refractivity contribution is 9.09. The van der Waals surface area contributed by atoms with E-state index >= 15 is 0 Å². The quantitative estimate of drug-likeness (QED) is 0.516. The molecule has 0 N–H and O–H groups in total. The summed E-state index contributed by atoms with van der Waals surface area (Å²) in [5, 5.41) is 1.19. The second-order valence-corrected chi connectivity index (χ2v) is 5.06. The molecule has 0 spiro atoms. The van der Waals surface area contributed by atoms with E-state index in [1.165, 1.54) is 50.3 Å². The molecule has 0 aromatic carbocycles. The van der Waals surface area contributed by atoms with Gasteiger partial charge in [-0.25, -0.2) is 0 Å². The SMILES string of the molecule is CCOCCCC1(CBr)CCCCC1. The van der Waals surface area contributed by atoms with Gasteiger partial charge < -0.3 is 4.74 Å². The average molecular weight is 263 g/mol. The van der Waals surface area contributed by atoms with Crippen LogP contribution >= 0.6 is 15.9 Å². The van der Waals surface area contributed by atoms with Gasteiger partial charge in [0.2, 0.25) is 0 Å². The fourth-order valence-corrected chi connectivity index (χ4v) is 3.29. The summed E-state index contributed by atoms with van der Waals surface area (Å²) in [6, 6.07) is 0. The van der Waals surface area contributed by atoms with Gasteiger partial charge in [0.05, 0.1) is 0 Å². The van der Waals surface area contributed by atoms with Gasteiger partial charge >= 0.3 is 0 Å². The van der Waals surface area contributed by atoms with Gasteiger partial charge in [-0.1, -0.05) is 35.2 Å². The highest BCUT2D eigenvalue weighted by atomic mass is 79.9. The minimum Gasteiger partial charge on any atom is -0.382 e. The van der Waals surface area contributed by atoms with E-state index in [0.717, 1.165) is 13.2 Å². The monoisotopic (exact) mass is 262 g/mol. The Kier molecular flexibility index (Phi) is 6.11. The minimum absolute atomic E-state index is 0.606. The molecule has 0 aromatic rings. The van der Waals surface area contributed by atoms with E-state index in [0.29, 0.717) is 5.41 Å². The number of alkyl halides is 1. The zero-order chi connectivity index (χ0) is 10.3. The molecular weight excluding hydrogens is 240 g/mol. The molecule has 0 heterocycles. The molecule has 0 aromatic heterocycles. The predicted molar refractivity (Wildman–Crippen MR) is 65.0 cm³/mol. The molecule has 0 amide bonds. The Morgan fingerprint density at radius 2 is 1.93 bits per heavy atom. The first-order valence-corrected chi connectivity index (χ1v) is 7.09. The Morgan fingerprint density at radius 3 is 2.50 bits per heavy atom. The summed E-state index contributed by atoms with van der Waals surface area (Å²) in [5.74, 6) is 0. The summed E-state index contributed by atoms with van der Waals surface area (Å²) in [4.78, 5) is 0. The molecule has 0 aliphatic heterocycles. The van der Waals surface area contributed by atoms with E-state index in [1.54, 1.807) is 0 Å². The van der Waals surface area contributed by atoms with Crippen molar-refractivity contribution < 1.29 is 4.74 Å². The molecule has 1 nitrogen and oxygen atoms in total. The Hall–Kier alpha value is 0.440. The van der Waals surface area contributed by atoms with Crippen LogP contribution in [-0.2, 0) is 4.74 Å². The molecule has 1 aliphatic carbocycles. The number of hydrogen-bond acceptors (Lipinski definition) is 1. The van der Waals surface area contributed by atoms with Gasteiger partial charge in [-0.2, -0.15) is 0 Å². The largest absolute Gasteiger partial charge is 0.382 e. The number of halogens is 1. The molecule has 0 unspecified atom stereocenters. The normalized spacial score (nSPS) is 21.0. The van der Waals surface area contributed by atoms with Gasteiger partial charge in [0.15, 0.2) is 0 Å². The average Bonchev–Trinajstić information content (AvgIpc) is 2.26. The summed E-state index contributed by atoms with van der Waals surface area (Å²) in [5.41, 5.74) is 0.606. The van der Waals surface area contributed by atoms with Crippen molar-refractivity contribution in [3.8, 4) is 0 Å². The van der Waals surface area contributed by atoms with Crippen LogP contribution in [0.25, 0.3) is 0 Å². The van der Waals surface area contributed by atoms with E-state index < -0.39 is 0 Å². The van der Waals surface area contributed by atoms with Crippen LogP contribution in [0.1, 0.15) is 51.9 Å². The van der Waals surface area contributed by atoms with Crippen LogP contribution < -0.4 is 0 Å². The summed E-state index contributed by atoms with van der Waals surface area (Å²) < 4.78 is 5.40. The Morgan fingerprint density at radius 1 is 1.21 bits per heavy atom. The second-order valence-electron chi connectivity index (χ2n) is 4.49. The maximum atomic E-state index is 5.40. The molecule has 14 heavy (non-hydrogen) atoms. The number of rotatable bonds is 6. The van der Waals surface area contributed by atoms with E-state index in [9.17, 15) is 0 Å². The third-order valence-corrected chi connectivity index (χ3v) is 4.59. The van der Waals surface area contributed by atoms with Crippen LogP contribution in [0.2, 0.25) is 0 Å². The molecule has 0 bridgehead atoms. The standard InChI is InChI=1S/C12H23BrO/c1-2-14-10-6-9-12(11-13)7-4-3-5-8-12/h2-11H2,1H3. The summed E-state index contributed by atoms with van der Waals surface area (Å²) in [6.45, 7) is 3.88.